The Hall–Kier alpha value is -1.38. The van der Waals surface area contributed by atoms with E-state index in [9.17, 15) is 8.42 Å². The Bertz CT molecular complexity index is 471. The standard InChI is InChI=1S/C10H12N2O2S/c1-4-12(3)15(13,14)10-7-5-9(11-2)6-8-10/h5-8H,4H2,1,3H3. The monoisotopic (exact) mass is 224 g/mol. The van der Waals surface area contributed by atoms with Gasteiger partial charge in [0.25, 0.3) is 0 Å². The fourth-order valence-corrected chi connectivity index (χ4v) is 2.22. The number of rotatable bonds is 3. The summed E-state index contributed by atoms with van der Waals surface area (Å²) < 4.78 is 24.9. The molecule has 80 valence electrons. The van der Waals surface area contributed by atoms with Crippen LogP contribution in [-0.2, 0) is 10.0 Å². The molecule has 0 saturated heterocycles. The summed E-state index contributed by atoms with van der Waals surface area (Å²) in [5.41, 5.74) is 0.438. The zero-order chi connectivity index (χ0) is 11.5. The first-order chi connectivity index (χ1) is 7.02. The van der Waals surface area contributed by atoms with Crippen LogP contribution in [-0.4, -0.2) is 26.3 Å². The molecule has 0 aliphatic carbocycles. The summed E-state index contributed by atoms with van der Waals surface area (Å²) in [7, 11) is -1.86. The maximum atomic E-state index is 11.8. The highest BCUT2D eigenvalue weighted by Crippen LogP contribution is 2.18. The fourth-order valence-electron chi connectivity index (χ4n) is 1.04. The van der Waals surface area contributed by atoms with Gasteiger partial charge in [0.1, 0.15) is 0 Å². The first-order valence-corrected chi connectivity index (χ1v) is 5.90. The maximum absolute atomic E-state index is 11.8. The molecule has 0 atom stereocenters. The van der Waals surface area contributed by atoms with Crippen LogP contribution in [0.4, 0.5) is 5.69 Å². The first kappa shape index (κ1) is 11.7. The minimum Gasteiger partial charge on any atom is -0.238 e. The van der Waals surface area contributed by atoms with Crippen molar-refractivity contribution in [2.75, 3.05) is 13.6 Å². The molecule has 0 unspecified atom stereocenters. The Labute approximate surface area is 90.0 Å². The number of sulfonamides is 1. The fraction of sp³-hybridized carbons (Fsp3) is 0.300. The van der Waals surface area contributed by atoms with Gasteiger partial charge < -0.3 is 0 Å². The summed E-state index contributed by atoms with van der Waals surface area (Å²) >= 11 is 0. The van der Waals surface area contributed by atoms with Crippen molar-refractivity contribution in [3.63, 3.8) is 0 Å². The lowest BCUT2D eigenvalue weighted by Crippen LogP contribution is -2.26. The highest BCUT2D eigenvalue weighted by Gasteiger charge is 2.18. The molecule has 0 fully saturated rings. The lowest BCUT2D eigenvalue weighted by atomic mass is 10.3. The normalized spacial score (nSPS) is 11.3. The maximum Gasteiger partial charge on any atom is 0.242 e. The summed E-state index contributed by atoms with van der Waals surface area (Å²) in [5.74, 6) is 0. The second-order valence-electron chi connectivity index (χ2n) is 3.02. The lowest BCUT2D eigenvalue weighted by molar-refractivity contribution is 0.486. The van der Waals surface area contributed by atoms with Gasteiger partial charge in [-0.25, -0.2) is 17.6 Å². The number of benzene rings is 1. The third-order valence-corrected chi connectivity index (χ3v) is 4.07. The van der Waals surface area contributed by atoms with Crippen LogP contribution in [0.3, 0.4) is 0 Å². The van der Waals surface area contributed by atoms with Gasteiger partial charge in [-0.2, -0.15) is 0 Å². The summed E-state index contributed by atoms with van der Waals surface area (Å²) in [6.45, 7) is 8.95. The van der Waals surface area contributed by atoms with E-state index in [0.29, 0.717) is 12.2 Å². The molecule has 0 radical (unpaired) electrons. The Morgan fingerprint density at radius 1 is 1.33 bits per heavy atom. The third kappa shape index (κ3) is 2.35. The van der Waals surface area contributed by atoms with E-state index >= 15 is 0 Å². The average molecular weight is 224 g/mol. The second kappa shape index (κ2) is 4.43. The minimum absolute atomic E-state index is 0.222. The molecule has 1 aromatic carbocycles. The van der Waals surface area contributed by atoms with E-state index in [0.717, 1.165) is 0 Å². The zero-order valence-corrected chi connectivity index (χ0v) is 9.45. The molecular formula is C10H12N2O2S. The van der Waals surface area contributed by atoms with Gasteiger partial charge in [-0.05, 0) is 0 Å². The highest BCUT2D eigenvalue weighted by atomic mass is 32.2. The summed E-state index contributed by atoms with van der Waals surface area (Å²) in [6, 6.07) is 5.91. The van der Waals surface area contributed by atoms with Crippen LogP contribution in [0.1, 0.15) is 6.92 Å². The van der Waals surface area contributed by atoms with Gasteiger partial charge in [0.05, 0.1) is 11.5 Å². The Balaban J connectivity index is 3.13. The van der Waals surface area contributed by atoms with E-state index < -0.39 is 10.0 Å². The van der Waals surface area contributed by atoms with Gasteiger partial charge in [-0.1, -0.05) is 31.2 Å². The number of nitrogens with zero attached hydrogens (tertiary/aromatic N) is 2. The molecule has 4 nitrogen and oxygen atoms in total. The van der Waals surface area contributed by atoms with Crippen molar-refractivity contribution in [3.05, 3.63) is 35.7 Å². The average Bonchev–Trinajstić information content (AvgIpc) is 2.28. The smallest absolute Gasteiger partial charge is 0.238 e. The molecule has 15 heavy (non-hydrogen) atoms. The highest BCUT2D eigenvalue weighted by molar-refractivity contribution is 7.89. The molecule has 1 aromatic rings. The van der Waals surface area contributed by atoms with Gasteiger partial charge in [0.15, 0.2) is 5.69 Å². The molecular weight excluding hydrogens is 212 g/mol. The van der Waals surface area contributed by atoms with Gasteiger partial charge in [-0.15, -0.1) is 0 Å². The minimum atomic E-state index is -3.38. The van der Waals surface area contributed by atoms with E-state index in [1.54, 1.807) is 6.92 Å². The molecule has 0 bridgehead atoms. The van der Waals surface area contributed by atoms with Crippen molar-refractivity contribution in [2.24, 2.45) is 0 Å². The van der Waals surface area contributed by atoms with Crippen molar-refractivity contribution in [3.8, 4) is 0 Å². The first-order valence-electron chi connectivity index (χ1n) is 4.46. The van der Waals surface area contributed by atoms with E-state index in [1.807, 2.05) is 0 Å². The van der Waals surface area contributed by atoms with Crippen LogP contribution < -0.4 is 0 Å². The SMILES string of the molecule is [C-]#[N+]c1ccc(S(=O)(=O)N(C)CC)cc1. The van der Waals surface area contributed by atoms with Crippen LogP contribution >= 0.6 is 0 Å². The van der Waals surface area contributed by atoms with Crippen molar-refractivity contribution < 1.29 is 8.42 Å². The lowest BCUT2D eigenvalue weighted by Gasteiger charge is -2.14. The molecule has 0 N–H and O–H groups in total. The predicted molar refractivity (Wildman–Crippen MR) is 58.2 cm³/mol. The van der Waals surface area contributed by atoms with Crippen molar-refractivity contribution >= 4 is 15.7 Å². The molecule has 0 aliphatic rings. The van der Waals surface area contributed by atoms with E-state index in [2.05, 4.69) is 4.85 Å². The van der Waals surface area contributed by atoms with E-state index in [1.165, 1.54) is 35.6 Å². The van der Waals surface area contributed by atoms with Crippen molar-refractivity contribution in [1.82, 2.24) is 4.31 Å². The number of hydrogen-bond acceptors (Lipinski definition) is 2. The predicted octanol–water partition coefficient (Wildman–Crippen LogP) is 1.88. The zero-order valence-electron chi connectivity index (χ0n) is 8.64. The van der Waals surface area contributed by atoms with E-state index in [4.69, 9.17) is 6.57 Å². The largest absolute Gasteiger partial charge is 0.242 e. The van der Waals surface area contributed by atoms with Crippen LogP contribution in [0.2, 0.25) is 0 Å². The summed E-state index contributed by atoms with van der Waals surface area (Å²) in [5, 5.41) is 0. The van der Waals surface area contributed by atoms with Crippen LogP contribution in [0.5, 0.6) is 0 Å². The van der Waals surface area contributed by atoms with Crippen molar-refractivity contribution in [2.45, 2.75) is 11.8 Å². The molecule has 1 rings (SSSR count). The molecule has 0 aromatic heterocycles. The van der Waals surface area contributed by atoms with Crippen LogP contribution in [0.25, 0.3) is 4.85 Å². The van der Waals surface area contributed by atoms with Gasteiger partial charge in [0.2, 0.25) is 10.0 Å². The third-order valence-electron chi connectivity index (χ3n) is 2.12. The number of hydrogen-bond donors (Lipinski definition) is 0. The van der Waals surface area contributed by atoms with Crippen LogP contribution in [0, 0.1) is 6.57 Å². The van der Waals surface area contributed by atoms with E-state index in [-0.39, 0.29) is 4.90 Å². The summed E-state index contributed by atoms with van der Waals surface area (Å²) in [4.78, 5) is 3.42. The molecule has 5 heteroatoms. The quantitative estimate of drug-likeness (QED) is 0.735. The van der Waals surface area contributed by atoms with Gasteiger partial charge >= 0.3 is 0 Å². The van der Waals surface area contributed by atoms with Crippen LogP contribution in [0.15, 0.2) is 29.2 Å². The molecule has 0 amide bonds. The molecule has 0 spiro atoms. The van der Waals surface area contributed by atoms with Gasteiger partial charge in [0, 0.05) is 13.6 Å². The Morgan fingerprint density at radius 3 is 2.27 bits per heavy atom. The summed E-state index contributed by atoms with van der Waals surface area (Å²) in [6.07, 6.45) is 0. The molecule has 0 heterocycles. The Morgan fingerprint density at radius 2 is 1.87 bits per heavy atom. The Kier molecular flexibility index (Phi) is 3.45. The second-order valence-corrected chi connectivity index (χ2v) is 5.07. The molecule has 0 saturated carbocycles. The van der Waals surface area contributed by atoms with Crippen molar-refractivity contribution in [1.29, 1.82) is 0 Å². The topological polar surface area (TPSA) is 41.7 Å². The molecule has 0 aliphatic heterocycles. The van der Waals surface area contributed by atoms with Gasteiger partial charge in [-0.3, -0.25) is 0 Å².